The van der Waals surface area contributed by atoms with Gasteiger partial charge in [0.25, 0.3) is 5.56 Å². The molecule has 0 bridgehead atoms. The first-order valence-corrected chi connectivity index (χ1v) is 13.2. The van der Waals surface area contributed by atoms with Crippen LogP contribution in [-0.2, 0) is 4.74 Å². The number of anilines is 1. The van der Waals surface area contributed by atoms with Crippen LogP contribution in [0.2, 0.25) is 0 Å². The lowest BCUT2D eigenvalue weighted by Gasteiger charge is -2.32. The van der Waals surface area contributed by atoms with Crippen LogP contribution in [0.3, 0.4) is 0 Å². The van der Waals surface area contributed by atoms with Gasteiger partial charge >= 0.3 is 0 Å². The van der Waals surface area contributed by atoms with Gasteiger partial charge in [0.15, 0.2) is 23.1 Å². The maximum Gasteiger partial charge on any atom is 0.264 e. The van der Waals surface area contributed by atoms with E-state index in [1.165, 1.54) is 41.2 Å². The summed E-state index contributed by atoms with van der Waals surface area (Å²) < 4.78 is 48.5. The van der Waals surface area contributed by atoms with Crippen LogP contribution in [0.4, 0.5) is 14.5 Å². The lowest BCUT2D eigenvalue weighted by atomic mass is 9.88. The molecule has 0 saturated carbocycles. The fourth-order valence-electron chi connectivity index (χ4n) is 4.89. The Bertz CT molecular complexity index is 1450. The Hall–Kier alpha value is -3.24. The van der Waals surface area contributed by atoms with E-state index >= 15 is 4.39 Å². The highest BCUT2D eigenvalue weighted by atomic mass is 32.2. The van der Waals surface area contributed by atoms with Gasteiger partial charge in [-0.1, -0.05) is 6.92 Å². The van der Waals surface area contributed by atoms with Gasteiger partial charge in [0.2, 0.25) is 0 Å². The number of fused-ring (bicyclic) bond motifs is 1. The van der Waals surface area contributed by atoms with E-state index in [0.29, 0.717) is 18.7 Å². The first kappa shape index (κ1) is 26.4. The molecule has 0 amide bonds. The maximum atomic E-state index is 15.7. The van der Waals surface area contributed by atoms with Crippen molar-refractivity contribution in [2.75, 3.05) is 38.0 Å². The predicted octanol–water partition coefficient (Wildman–Crippen LogP) is 4.35. The number of hydrogen-bond donors (Lipinski definition) is 2. The van der Waals surface area contributed by atoms with Crippen LogP contribution in [-0.4, -0.2) is 52.7 Å². The predicted molar refractivity (Wildman–Crippen MR) is 141 cm³/mol. The fourth-order valence-corrected chi connectivity index (χ4v) is 5.44. The molecule has 9 nitrogen and oxygen atoms in total. The molecule has 12 heteroatoms. The summed E-state index contributed by atoms with van der Waals surface area (Å²) in [6.07, 6.45) is 3.76. The SMILES string of the molecule is CCN(C)SNc1ccc(F)c(Oc2ccc3ncn(C4COC5(CCNCC5)C4)c(=O)c3c2F)c1C#N. The molecule has 1 atom stereocenters. The molecule has 38 heavy (non-hydrogen) atoms. The molecule has 2 aromatic carbocycles. The molecule has 2 N–H and O–H groups in total. The van der Waals surface area contributed by atoms with Gasteiger partial charge in [-0.2, -0.15) is 5.26 Å². The van der Waals surface area contributed by atoms with Crippen LogP contribution < -0.4 is 20.3 Å². The Labute approximate surface area is 223 Å². The quantitative estimate of drug-likeness (QED) is 0.422. The number of hydrogen-bond acceptors (Lipinski definition) is 9. The molecular formula is C26H28F2N6O3S. The van der Waals surface area contributed by atoms with Crippen LogP contribution >= 0.6 is 12.1 Å². The van der Waals surface area contributed by atoms with E-state index in [0.717, 1.165) is 38.5 Å². The molecule has 1 unspecified atom stereocenters. The number of nitrogens with one attached hydrogen (secondary N) is 2. The highest BCUT2D eigenvalue weighted by molar-refractivity contribution is 7.98. The summed E-state index contributed by atoms with van der Waals surface area (Å²) in [6, 6.07) is 6.92. The van der Waals surface area contributed by atoms with Gasteiger partial charge in [0, 0.05) is 18.7 Å². The first-order chi connectivity index (χ1) is 18.4. The molecular weight excluding hydrogens is 514 g/mol. The van der Waals surface area contributed by atoms with Crippen LogP contribution in [0.1, 0.15) is 37.8 Å². The molecule has 3 heterocycles. The second-order valence-electron chi connectivity index (χ2n) is 9.48. The standard InChI is InChI=1S/C26H28F2N6O3S/c1-3-33(2)38-32-19-5-4-18(27)24(17(19)13-29)37-21-7-6-20-22(23(21)28)25(35)34(15-31-20)16-12-26(36-14-16)8-10-30-11-9-26/h4-7,15-16,30,32H,3,8-12,14H2,1-2H3. The van der Waals surface area contributed by atoms with Gasteiger partial charge in [-0.15, -0.1) is 0 Å². The van der Waals surface area contributed by atoms with Crippen molar-refractivity contribution in [2.45, 2.75) is 37.8 Å². The summed E-state index contributed by atoms with van der Waals surface area (Å²) in [6.45, 7) is 4.71. The van der Waals surface area contributed by atoms with Crippen molar-refractivity contribution in [3.8, 4) is 17.6 Å². The van der Waals surface area contributed by atoms with Gasteiger partial charge < -0.3 is 19.5 Å². The van der Waals surface area contributed by atoms with E-state index < -0.39 is 22.9 Å². The Morgan fingerprint density at radius 3 is 2.87 bits per heavy atom. The lowest BCUT2D eigenvalue weighted by molar-refractivity contribution is -0.0196. The summed E-state index contributed by atoms with van der Waals surface area (Å²) in [5.74, 6) is -2.61. The van der Waals surface area contributed by atoms with Crippen LogP contribution in [0.15, 0.2) is 35.4 Å². The van der Waals surface area contributed by atoms with E-state index in [4.69, 9.17) is 9.47 Å². The number of aromatic nitrogens is 2. The molecule has 3 aromatic rings. The highest BCUT2D eigenvalue weighted by Gasteiger charge is 2.42. The van der Waals surface area contributed by atoms with Crippen LogP contribution in [0.5, 0.6) is 11.5 Å². The summed E-state index contributed by atoms with van der Waals surface area (Å²) in [4.78, 5) is 17.7. The number of nitrogens with zero attached hydrogens (tertiary/aromatic N) is 4. The van der Waals surface area contributed by atoms with Gasteiger partial charge in [0.1, 0.15) is 17.0 Å². The van der Waals surface area contributed by atoms with E-state index in [9.17, 15) is 14.4 Å². The number of benzene rings is 2. The van der Waals surface area contributed by atoms with Gasteiger partial charge in [-0.05, 0) is 63.7 Å². The summed E-state index contributed by atoms with van der Waals surface area (Å²) in [5, 5.41) is 12.8. The third-order valence-corrected chi connectivity index (χ3v) is 8.02. The molecule has 2 fully saturated rings. The van der Waals surface area contributed by atoms with Crippen molar-refractivity contribution >= 4 is 28.7 Å². The molecule has 2 aliphatic heterocycles. The third kappa shape index (κ3) is 4.94. The second-order valence-corrected chi connectivity index (χ2v) is 10.5. The molecule has 0 radical (unpaired) electrons. The summed E-state index contributed by atoms with van der Waals surface area (Å²) in [7, 11) is 1.85. The minimum Gasteiger partial charge on any atom is -0.450 e. The van der Waals surface area contributed by atoms with Gasteiger partial charge in [-0.25, -0.2) is 18.1 Å². The van der Waals surface area contributed by atoms with E-state index in [1.54, 1.807) is 0 Å². The Morgan fingerprint density at radius 1 is 1.34 bits per heavy atom. The Balaban J connectivity index is 1.48. The number of nitriles is 1. The second kappa shape index (κ2) is 10.9. The fraction of sp³-hybridized carbons (Fsp3) is 0.423. The maximum absolute atomic E-state index is 15.7. The molecule has 1 aromatic heterocycles. The Kier molecular flexibility index (Phi) is 7.54. The zero-order chi connectivity index (χ0) is 26.9. The number of rotatable bonds is 7. The number of ether oxygens (including phenoxy) is 2. The zero-order valence-corrected chi connectivity index (χ0v) is 21.9. The summed E-state index contributed by atoms with van der Waals surface area (Å²) in [5.41, 5.74) is -0.509. The molecule has 5 rings (SSSR count). The van der Waals surface area contributed by atoms with E-state index in [1.807, 2.05) is 24.3 Å². The lowest BCUT2D eigenvalue weighted by Crippen LogP contribution is -2.41. The largest absolute Gasteiger partial charge is 0.450 e. The zero-order valence-electron chi connectivity index (χ0n) is 21.1. The number of piperidine rings is 1. The van der Waals surface area contributed by atoms with E-state index in [2.05, 4.69) is 15.0 Å². The van der Waals surface area contributed by atoms with Gasteiger partial charge in [0.05, 0.1) is 35.8 Å². The van der Waals surface area contributed by atoms with Crippen molar-refractivity contribution in [1.82, 2.24) is 19.2 Å². The average molecular weight is 543 g/mol. The highest BCUT2D eigenvalue weighted by Crippen LogP contribution is 2.39. The monoisotopic (exact) mass is 542 g/mol. The smallest absolute Gasteiger partial charge is 0.264 e. The van der Waals surface area contributed by atoms with Crippen molar-refractivity contribution in [1.29, 1.82) is 5.26 Å². The first-order valence-electron chi connectivity index (χ1n) is 12.4. The van der Waals surface area contributed by atoms with Crippen LogP contribution in [0.25, 0.3) is 10.9 Å². The summed E-state index contributed by atoms with van der Waals surface area (Å²) >= 11 is 1.22. The van der Waals surface area contributed by atoms with Crippen molar-refractivity contribution in [3.05, 3.63) is 58.1 Å². The topological polar surface area (TPSA) is 104 Å². The molecule has 2 saturated heterocycles. The average Bonchev–Trinajstić information content (AvgIpc) is 3.32. The molecule has 200 valence electrons. The molecule has 0 aliphatic carbocycles. The third-order valence-electron chi connectivity index (χ3n) is 7.14. The minimum atomic E-state index is -0.966. The molecule has 2 aliphatic rings. The number of halogens is 2. The van der Waals surface area contributed by atoms with Crippen LogP contribution in [0, 0.1) is 23.0 Å². The van der Waals surface area contributed by atoms with Crippen molar-refractivity contribution in [2.24, 2.45) is 0 Å². The molecule has 1 spiro atoms. The van der Waals surface area contributed by atoms with Crippen molar-refractivity contribution < 1.29 is 18.3 Å². The van der Waals surface area contributed by atoms with Crippen molar-refractivity contribution in [3.63, 3.8) is 0 Å². The van der Waals surface area contributed by atoms with Gasteiger partial charge in [-0.3, -0.25) is 9.36 Å². The van der Waals surface area contributed by atoms with E-state index in [-0.39, 0.29) is 33.9 Å². The minimum absolute atomic E-state index is 0.125. The normalized spacial score (nSPS) is 18.7. The Morgan fingerprint density at radius 2 is 2.13 bits per heavy atom.